The Labute approximate surface area is 91.1 Å². The molecule has 80 valence electrons. The molecule has 0 aliphatic carbocycles. The first-order valence-corrected chi connectivity index (χ1v) is 7.24. The molecule has 0 bridgehead atoms. The van der Waals surface area contributed by atoms with Crippen LogP contribution >= 0.6 is 10.9 Å². The van der Waals surface area contributed by atoms with Gasteiger partial charge in [-0.1, -0.05) is 52.0 Å². The molecule has 0 aliphatic rings. The Hall–Kier alpha value is -0.430. The second kappa shape index (κ2) is 4.39. The molecule has 0 aliphatic heterocycles. The summed E-state index contributed by atoms with van der Waals surface area (Å²) in [5, 5.41) is 0. The van der Waals surface area contributed by atoms with Gasteiger partial charge in [0.2, 0.25) is 0 Å². The maximum atomic E-state index is 2.35. The fraction of sp³-hybridized carbons (Fsp3) is 0.538. The quantitative estimate of drug-likeness (QED) is 0.701. The lowest BCUT2D eigenvalue weighted by Crippen LogP contribution is -2.10. The number of benzene rings is 1. The maximum Gasteiger partial charge on any atom is -0.0127 e. The smallest absolute Gasteiger partial charge is 0.0127 e. The van der Waals surface area contributed by atoms with E-state index in [9.17, 15) is 0 Å². The molecule has 0 saturated carbocycles. The lowest BCUT2D eigenvalue weighted by molar-refractivity contribution is 0.590. The molecule has 0 radical (unpaired) electrons. The summed E-state index contributed by atoms with van der Waals surface area (Å²) in [6.07, 6.45) is 2.35. The Balaban J connectivity index is 2.89. The molecule has 14 heavy (non-hydrogen) atoms. The van der Waals surface area contributed by atoms with Crippen LogP contribution in [0.3, 0.4) is 0 Å². The standard InChI is InChI=1S/C13H22S/c1-6-14(5)12-9-7-11(8-10-12)13(2,3)4/h7-10,14H,6H2,1-5H3. The van der Waals surface area contributed by atoms with Gasteiger partial charge in [-0.3, -0.25) is 0 Å². The molecule has 1 heteroatoms. The van der Waals surface area contributed by atoms with Crippen molar-refractivity contribution in [3.8, 4) is 0 Å². The second-order valence-corrected chi connectivity index (χ2v) is 7.36. The molecule has 0 fully saturated rings. The van der Waals surface area contributed by atoms with E-state index in [1.165, 1.54) is 16.2 Å². The zero-order chi connectivity index (χ0) is 10.8. The van der Waals surface area contributed by atoms with Crippen molar-refractivity contribution in [2.45, 2.75) is 38.0 Å². The third-order valence-electron chi connectivity index (χ3n) is 2.65. The van der Waals surface area contributed by atoms with Crippen LogP contribution in [0.5, 0.6) is 0 Å². The summed E-state index contributed by atoms with van der Waals surface area (Å²) in [4.78, 5) is 1.52. The van der Waals surface area contributed by atoms with Crippen molar-refractivity contribution >= 4 is 10.9 Å². The number of hydrogen-bond donors (Lipinski definition) is 1. The van der Waals surface area contributed by atoms with Crippen LogP contribution in [-0.4, -0.2) is 12.0 Å². The summed E-state index contributed by atoms with van der Waals surface area (Å²) in [5.74, 6) is 1.28. The van der Waals surface area contributed by atoms with Crippen LogP contribution < -0.4 is 0 Å². The van der Waals surface area contributed by atoms with Gasteiger partial charge < -0.3 is 0 Å². The van der Waals surface area contributed by atoms with Gasteiger partial charge >= 0.3 is 0 Å². The van der Waals surface area contributed by atoms with Crippen molar-refractivity contribution in [3.05, 3.63) is 29.8 Å². The highest BCUT2D eigenvalue weighted by molar-refractivity contribution is 8.16. The first-order chi connectivity index (χ1) is 6.45. The van der Waals surface area contributed by atoms with Crippen LogP contribution in [0, 0.1) is 0 Å². The summed E-state index contributed by atoms with van der Waals surface area (Å²) >= 11 is 0. The average molecular weight is 210 g/mol. The van der Waals surface area contributed by atoms with E-state index in [1.54, 1.807) is 0 Å². The minimum atomic E-state index is 0.0783. The normalized spacial score (nSPS) is 15.4. The fourth-order valence-corrected chi connectivity index (χ4v) is 2.42. The third-order valence-corrected chi connectivity index (χ3v) is 4.78. The van der Waals surface area contributed by atoms with Crippen LogP contribution in [0.15, 0.2) is 29.2 Å². The van der Waals surface area contributed by atoms with Gasteiger partial charge in [-0.05, 0) is 27.9 Å². The Morgan fingerprint density at radius 2 is 1.57 bits per heavy atom. The first-order valence-electron chi connectivity index (χ1n) is 5.27. The zero-order valence-electron chi connectivity index (χ0n) is 9.96. The molecule has 1 rings (SSSR count). The van der Waals surface area contributed by atoms with Crippen molar-refractivity contribution in [1.29, 1.82) is 0 Å². The van der Waals surface area contributed by atoms with Gasteiger partial charge in [0, 0.05) is 0 Å². The number of rotatable bonds is 2. The summed E-state index contributed by atoms with van der Waals surface area (Å²) in [6, 6.07) is 9.17. The van der Waals surface area contributed by atoms with E-state index in [1.807, 2.05) is 0 Å². The predicted molar refractivity (Wildman–Crippen MR) is 68.9 cm³/mol. The van der Waals surface area contributed by atoms with Crippen LogP contribution in [0.25, 0.3) is 0 Å². The topological polar surface area (TPSA) is 0 Å². The van der Waals surface area contributed by atoms with Crippen LogP contribution in [-0.2, 0) is 5.41 Å². The van der Waals surface area contributed by atoms with Crippen molar-refractivity contribution in [1.82, 2.24) is 0 Å². The monoisotopic (exact) mass is 210 g/mol. The molecule has 1 aromatic carbocycles. The van der Waals surface area contributed by atoms with E-state index in [2.05, 4.69) is 58.2 Å². The summed E-state index contributed by atoms with van der Waals surface area (Å²) in [5.41, 5.74) is 1.71. The summed E-state index contributed by atoms with van der Waals surface area (Å²) < 4.78 is 0. The summed E-state index contributed by atoms with van der Waals surface area (Å²) in [7, 11) is 0.0783. The maximum absolute atomic E-state index is 2.35. The first kappa shape index (κ1) is 11.6. The van der Waals surface area contributed by atoms with E-state index < -0.39 is 0 Å². The highest BCUT2D eigenvalue weighted by atomic mass is 32.2. The minimum Gasteiger partial charge on any atom is -0.230 e. The lowest BCUT2D eigenvalue weighted by atomic mass is 9.87. The Bertz CT molecular complexity index is 279. The third kappa shape index (κ3) is 2.78. The number of thiol groups is 1. The molecule has 0 heterocycles. The number of hydrogen-bond acceptors (Lipinski definition) is 0. The molecule has 0 spiro atoms. The predicted octanol–water partition coefficient (Wildman–Crippen LogP) is 3.99. The highest BCUT2D eigenvalue weighted by Gasteiger charge is 2.12. The molecule has 0 amide bonds. The Morgan fingerprint density at radius 1 is 1.07 bits per heavy atom. The van der Waals surface area contributed by atoms with Crippen molar-refractivity contribution < 1.29 is 0 Å². The lowest BCUT2D eigenvalue weighted by Gasteiger charge is -2.21. The molecule has 1 aromatic rings. The van der Waals surface area contributed by atoms with Crippen molar-refractivity contribution in [2.75, 3.05) is 12.0 Å². The minimum absolute atomic E-state index is 0.0783. The van der Waals surface area contributed by atoms with Crippen molar-refractivity contribution in [2.24, 2.45) is 0 Å². The van der Waals surface area contributed by atoms with E-state index in [4.69, 9.17) is 0 Å². The van der Waals surface area contributed by atoms with Gasteiger partial charge in [0.25, 0.3) is 0 Å². The molecular weight excluding hydrogens is 188 g/mol. The largest absolute Gasteiger partial charge is 0.230 e. The molecule has 1 unspecified atom stereocenters. The molecule has 0 nitrogen and oxygen atoms in total. The van der Waals surface area contributed by atoms with Crippen molar-refractivity contribution in [3.63, 3.8) is 0 Å². The van der Waals surface area contributed by atoms with E-state index >= 15 is 0 Å². The molecule has 0 aromatic heterocycles. The van der Waals surface area contributed by atoms with Gasteiger partial charge in [-0.2, -0.15) is 0 Å². The van der Waals surface area contributed by atoms with E-state index in [-0.39, 0.29) is 16.3 Å². The highest BCUT2D eigenvalue weighted by Crippen LogP contribution is 2.33. The van der Waals surface area contributed by atoms with Crippen LogP contribution in [0.4, 0.5) is 0 Å². The van der Waals surface area contributed by atoms with E-state index in [0.29, 0.717) is 0 Å². The van der Waals surface area contributed by atoms with Gasteiger partial charge in [-0.25, -0.2) is 10.9 Å². The second-order valence-electron chi connectivity index (χ2n) is 4.81. The summed E-state index contributed by atoms with van der Waals surface area (Å²) in [6.45, 7) is 9.05. The van der Waals surface area contributed by atoms with Gasteiger partial charge in [-0.15, -0.1) is 0 Å². The average Bonchev–Trinajstić information content (AvgIpc) is 2.15. The zero-order valence-corrected chi connectivity index (χ0v) is 10.9. The molecular formula is C13H22S. The van der Waals surface area contributed by atoms with Gasteiger partial charge in [0.1, 0.15) is 0 Å². The molecule has 0 saturated heterocycles. The van der Waals surface area contributed by atoms with Crippen LogP contribution in [0.2, 0.25) is 0 Å². The molecule has 1 atom stereocenters. The van der Waals surface area contributed by atoms with Crippen LogP contribution in [0.1, 0.15) is 33.3 Å². The Morgan fingerprint density at radius 3 is 1.93 bits per heavy atom. The molecule has 0 N–H and O–H groups in total. The Kier molecular flexibility index (Phi) is 3.65. The van der Waals surface area contributed by atoms with Gasteiger partial charge in [0.15, 0.2) is 0 Å². The van der Waals surface area contributed by atoms with Gasteiger partial charge in [0.05, 0.1) is 0 Å². The SMILES string of the molecule is CC[SH](C)c1ccc(C(C)(C)C)cc1. The van der Waals surface area contributed by atoms with E-state index in [0.717, 1.165) is 0 Å². The fourth-order valence-electron chi connectivity index (χ4n) is 1.40.